The lowest BCUT2D eigenvalue weighted by Crippen LogP contribution is -2.21. The minimum absolute atomic E-state index is 0.0652. The van der Waals surface area contributed by atoms with Crippen molar-refractivity contribution in [2.45, 2.75) is 27.2 Å². The van der Waals surface area contributed by atoms with E-state index in [-0.39, 0.29) is 18.2 Å². The molecule has 0 bridgehead atoms. The van der Waals surface area contributed by atoms with Gasteiger partial charge in [0.15, 0.2) is 0 Å². The van der Waals surface area contributed by atoms with Crippen LogP contribution < -0.4 is 16.1 Å². The Labute approximate surface area is 157 Å². The van der Waals surface area contributed by atoms with Crippen LogP contribution in [0.3, 0.4) is 0 Å². The van der Waals surface area contributed by atoms with Gasteiger partial charge in [0, 0.05) is 29.6 Å². The van der Waals surface area contributed by atoms with Crippen LogP contribution in [0.4, 0.5) is 11.4 Å². The van der Waals surface area contributed by atoms with E-state index in [0.29, 0.717) is 17.0 Å². The maximum absolute atomic E-state index is 12.1. The average molecular weight is 366 g/mol. The van der Waals surface area contributed by atoms with Gasteiger partial charge >= 0.3 is 0 Å². The first-order chi connectivity index (χ1) is 12.8. The van der Waals surface area contributed by atoms with Gasteiger partial charge in [0.2, 0.25) is 11.8 Å². The van der Waals surface area contributed by atoms with E-state index in [1.807, 2.05) is 31.2 Å². The van der Waals surface area contributed by atoms with Crippen LogP contribution in [0.5, 0.6) is 0 Å². The SMILES string of the molecule is CC(=O)Nc1ccc(C(=O)N/N=C(/C)CC(=O)Nc2cccc(C)c2)cc1. The second kappa shape index (κ2) is 9.28. The fourth-order valence-electron chi connectivity index (χ4n) is 2.32. The Kier molecular flexibility index (Phi) is 6.82. The Hall–Kier alpha value is -3.48. The molecule has 2 aromatic carbocycles. The van der Waals surface area contributed by atoms with Crippen molar-refractivity contribution < 1.29 is 14.4 Å². The van der Waals surface area contributed by atoms with Crippen LogP contribution in [-0.2, 0) is 9.59 Å². The van der Waals surface area contributed by atoms with Gasteiger partial charge in [0.05, 0.1) is 6.42 Å². The van der Waals surface area contributed by atoms with Crippen molar-refractivity contribution in [1.29, 1.82) is 0 Å². The zero-order chi connectivity index (χ0) is 19.8. The molecule has 0 aliphatic carbocycles. The highest BCUT2D eigenvalue weighted by Gasteiger charge is 2.07. The molecule has 0 radical (unpaired) electrons. The van der Waals surface area contributed by atoms with E-state index in [0.717, 1.165) is 11.3 Å². The number of carbonyl (C=O) groups excluding carboxylic acids is 3. The number of rotatable bonds is 6. The van der Waals surface area contributed by atoms with Crippen molar-refractivity contribution in [1.82, 2.24) is 5.43 Å². The van der Waals surface area contributed by atoms with E-state index in [2.05, 4.69) is 21.2 Å². The summed E-state index contributed by atoms with van der Waals surface area (Å²) in [7, 11) is 0. The lowest BCUT2D eigenvalue weighted by Gasteiger charge is -2.07. The van der Waals surface area contributed by atoms with E-state index < -0.39 is 5.91 Å². The standard InChI is InChI=1S/C20H22N4O3/c1-13-5-4-6-18(11-13)22-19(26)12-14(2)23-24-20(27)16-7-9-17(10-8-16)21-15(3)25/h4-11H,12H2,1-3H3,(H,21,25)(H,22,26)(H,24,27)/b23-14-. The Bertz CT molecular complexity index is 873. The first-order valence-electron chi connectivity index (χ1n) is 8.41. The fraction of sp³-hybridized carbons (Fsp3) is 0.200. The third-order valence-electron chi connectivity index (χ3n) is 3.53. The number of hydrazone groups is 1. The van der Waals surface area contributed by atoms with Gasteiger partial charge in [-0.15, -0.1) is 0 Å². The van der Waals surface area contributed by atoms with Crippen LogP contribution in [0.25, 0.3) is 0 Å². The molecule has 0 saturated heterocycles. The lowest BCUT2D eigenvalue weighted by molar-refractivity contribution is -0.115. The van der Waals surface area contributed by atoms with Crippen molar-refractivity contribution in [3.8, 4) is 0 Å². The number of hydrogen-bond donors (Lipinski definition) is 3. The zero-order valence-electron chi connectivity index (χ0n) is 15.5. The molecule has 2 rings (SSSR count). The van der Waals surface area contributed by atoms with Crippen LogP contribution in [0.2, 0.25) is 0 Å². The number of anilines is 2. The predicted octanol–water partition coefficient (Wildman–Crippen LogP) is 3.09. The van der Waals surface area contributed by atoms with E-state index in [9.17, 15) is 14.4 Å². The Morgan fingerprint density at radius 3 is 2.26 bits per heavy atom. The number of carbonyl (C=O) groups is 3. The number of amides is 3. The minimum Gasteiger partial charge on any atom is -0.326 e. The van der Waals surface area contributed by atoms with Gasteiger partial charge in [0.25, 0.3) is 5.91 Å². The van der Waals surface area contributed by atoms with Crippen LogP contribution in [0.15, 0.2) is 53.6 Å². The van der Waals surface area contributed by atoms with E-state index >= 15 is 0 Å². The molecule has 0 atom stereocenters. The van der Waals surface area contributed by atoms with Crippen LogP contribution in [-0.4, -0.2) is 23.4 Å². The van der Waals surface area contributed by atoms with Crippen molar-refractivity contribution >= 4 is 34.8 Å². The van der Waals surface area contributed by atoms with Gasteiger partial charge in [-0.2, -0.15) is 5.10 Å². The van der Waals surface area contributed by atoms with Gasteiger partial charge in [-0.1, -0.05) is 12.1 Å². The molecule has 0 unspecified atom stereocenters. The molecule has 7 nitrogen and oxygen atoms in total. The van der Waals surface area contributed by atoms with Crippen molar-refractivity contribution in [2.24, 2.45) is 5.10 Å². The molecule has 0 aliphatic heterocycles. The second-order valence-corrected chi connectivity index (χ2v) is 6.14. The smallest absolute Gasteiger partial charge is 0.271 e. The molecule has 0 spiro atoms. The van der Waals surface area contributed by atoms with Crippen molar-refractivity contribution in [3.05, 3.63) is 59.7 Å². The van der Waals surface area contributed by atoms with E-state index in [1.165, 1.54) is 6.92 Å². The summed E-state index contributed by atoms with van der Waals surface area (Å²) in [6.07, 6.45) is 0.0652. The highest BCUT2D eigenvalue weighted by atomic mass is 16.2. The normalized spacial score (nSPS) is 10.9. The number of benzene rings is 2. The number of hydrogen-bond acceptors (Lipinski definition) is 4. The Morgan fingerprint density at radius 2 is 1.63 bits per heavy atom. The van der Waals surface area contributed by atoms with Crippen LogP contribution >= 0.6 is 0 Å². The topological polar surface area (TPSA) is 99.7 Å². The van der Waals surface area contributed by atoms with Crippen LogP contribution in [0.1, 0.15) is 36.2 Å². The molecule has 0 heterocycles. The van der Waals surface area contributed by atoms with E-state index in [4.69, 9.17) is 0 Å². The molecule has 7 heteroatoms. The molecule has 2 aromatic rings. The highest BCUT2D eigenvalue weighted by molar-refractivity contribution is 6.06. The first-order valence-corrected chi connectivity index (χ1v) is 8.41. The van der Waals surface area contributed by atoms with Gasteiger partial charge in [-0.3, -0.25) is 14.4 Å². The largest absolute Gasteiger partial charge is 0.326 e. The zero-order valence-corrected chi connectivity index (χ0v) is 15.5. The van der Waals surface area contributed by atoms with Crippen molar-refractivity contribution in [2.75, 3.05) is 10.6 Å². The second-order valence-electron chi connectivity index (χ2n) is 6.14. The number of nitrogens with one attached hydrogen (secondary N) is 3. The third kappa shape index (κ3) is 6.74. The highest BCUT2D eigenvalue weighted by Crippen LogP contribution is 2.10. The summed E-state index contributed by atoms with van der Waals surface area (Å²) < 4.78 is 0. The predicted molar refractivity (Wildman–Crippen MR) is 106 cm³/mol. The van der Waals surface area contributed by atoms with E-state index in [1.54, 1.807) is 31.2 Å². The Morgan fingerprint density at radius 1 is 0.926 bits per heavy atom. The maximum atomic E-state index is 12.1. The molecule has 0 fully saturated rings. The maximum Gasteiger partial charge on any atom is 0.271 e. The fourth-order valence-corrected chi connectivity index (χ4v) is 2.32. The number of nitrogens with zero attached hydrogens (tertiary/aromatic N) is 1. The van der Waals surface area contributed by atoms with Gasteiger partial charge in [0.1, 0.15) is 0 Å². The lowest BCUT2D eigenvalue weighted by atomic mass is 10.2. The summed E-state index contributed by atoms with van der Waals surface area (Å²) >= 11 is 0. The third-order valence-corrected chi connectivity index (χ3v) is 3.53. The molecular weight excluding hydrogens is 344 g/mol. The molecule has 3 N–H and O–H groups in total. The quantitative estimate of drug-likeness (QED) is 0.541. The molecule has 0 saturated carbocycles. The summed E-state index contributed by atoms with van der Waals surface area (Å²) in [6, 6.07) is 13.9. The molecule has 0 aliphatic rings. The average Bonchev–Trinajstić information content (AvgIpc) is 2.59. The summed E-state index contributed by atoms with van der Waals surface area (Å²) in [4.78, 5) is 35.1. The Balaban J connectivity index is 1.87. The molecule has 27 heavy (non-hydrogen) atoms. The molecule has 0 aromatic heterocycles. The van der Waals surface area contributed by atoms with Crippen LogP contribution in [0, 0.1) is 6.92 Å². The molecule has 3 amide bonds. The minimum atomic E-state index is -0.400. The summed E-state index contributed by atoms with van der Waals surface area (Å²) in [5.74, 6) is -0.796. The van der Waals surface area contributed by atoms with Gasteiger partial charge < -0.3 is 10.6 Å². The summed E-state index contributed by atoms with van der Waals surface area (Å²) in [5.41, 5.74) is 5.66. The van der Waals surface area contributed by atoms with Gasteiger partial charge in [-0.05, 0) is 55.8 Å². The summed E-state index contributed by atoms with van der Waals surface area (Å²) in [6.45, 7) is 5.02. The van der Waals surface area contributed by atoms with Gasteiger partial charge in [-0.25, -0.2) is 5.43 Å². The summed E-state index contributed by atoms with van der Waals surface area (Å²) in [5, 5.41) is 9.37. The molecule has 140 valence electrons. The molecular formula is C20H22N4O3. The first kappa shape index (κ1) is 19.8. The monoisotopic (exact) mass is 366 g/mol. The number of aryl methyl sites for hydroxylation is 1. The van der Waals surface area contributed by atoms with Crippen molar-refractivity contribution in [3.63, 3.8) is 0 Å².